The Kier molecular flexibility index (Phi) is 4.73. The molecule has 7 heteroatoms. The number of rotatable bonds is 4. The fraction of sp³-hybridized carbons (Fsp3) is 0.312. The van der Waals surface area contributed by atoms with Crippen LogP contribution in [-0.2, 0) is 0 Å². The highest BCUT2D eigenvalue weighted by molar-refractivity contribution is 7.19. The van der Waals surface area contributed by atoms with Crippen molar-refractivity contribution < 1.29 is 4.39 Å². The fourth-order valence-electron chi connectivity index (χ4n) is 2.46. The van der Waals surface area contributed by atoms with Gasteiger partial charge in [0.05, 0.1) is 10.3 Å². The average molecular weight is 351 g/mol. The lowest BCUT2D eigenvalue weighted by molar-refractivity contribution is 0.423. The Labute approximate surface area is 143 Å². The van der Waals surface area contributed by atoms with Crippen molar-refractivity contribution >= 4 is 44.8 Å². The topological polar surface area (TPSA) is 41.4 Å². The Morgan fingerprint density at radius 2 is 2.13 bits per heavy atom. The first-order valence-electron chi connectivity index (χ1n) is 7.36. The number of pyridine rings is 1. The van der Waals surface area contributed by atoms with E-state index in [4.69, 9.17) is 11.6 Å². The lowest BCUT2D eigenvalue weighted by Crippen LogP contribution is -2.17. The molecule has 0 N–H and O–H groups in total. The molecule has 1 saturated heterocycles. The number of hydrogen-bond acceptors (Lipinski definition) is 5. The number of halogens is 2. The molecule has 120 valence electrons. The van der Waals surface area contributed by atoms with Gasteiger partial charge in [0.25, 0.3) is 0 Å². The van der Waals surface area contributed by atoms with E-state index in [1.807, 2.05) is 11.0 Å². The zero-order valence-electron chi connectivity index (χ0n) is 12.7. The maximum absolute atomic E-state index is 14.6. The maximum Gasteiger partial charge on any atom is 0.224 e. The van der Waals surface area contributed by atoms with E-state index in [0.29, 0.717) is 27.2 Å². The fourth-order valence-corrected chi connectivity index (χ4v) is 3.58. The molecule has 1 aliphatic rings. The molecule has 0 amide bonds. The maximum atomic E-state index is 14.6. The van der Waals surface area contributed by atoms with E-state index in [1.54, 1.807) is 19.1 Å². The van der Waals surface area contributed by atoms with Crippen LogP contribution in [-0.4, -0.2) is 33.9 Å². The van der Waals surface area contributed by atoms with Crippen LogP contribution in [0.2, 0.25) is 5.15 Å². The highest BCUT2D eigenvalue weighted by atomic mass is 35.5. The Balaban J connectivity index is 1.89. The standard InChI is InChI=1S/C16H16ClFN4S/c1-3-11(14(18)19-10(2)22-8-4-5-9-22)16-21-15-12(23-16)6-7-13(17)20-15/h3,6-7H,2,4-5,8-9H2,1H3/b11-3+,19-14+. The average Bonchev–Trinajstić information content (AvgIpc) is 3.16. The summed E-state index contributed by atoms with van der Waals surface area (Å²) < 4.78 is 15.4. The van der Waals surface area contributed by atoms with E-state index in [0.717, 1.165) is 30.6 Å². The molecule has 4 nitrogen and oxygen atoms in total. The van der Waals surface area contributed by atoms with Gasteiger partial charge in [-0.2, -0.15) is 4.39 Å². The van der Waals surface area contributed by atoms with Gasteiger partial charge in [-0.25, -0.2) is 15.0 Å². The summed E-state index contributed by atoms with van der Waals surface area (Å²) in [5, 5.41) is 0.903. The first-order chi connectivity index (χ1) is 11.1. The predicted octanol–water partition coefficient (Wildman–Crippen LogP) is 4.68. The summed E-state index contributed by atoms with van der Waals surface area (Å²) in [5.41, 5.74) is 0.868. The number of likely N-dealkylation sites (tertiary alicyclic amines) is 1. The van der Waals surface area contributed by atoms with Gasteiger partial charge in [-0.05, 0) is 31.9 Å². The molecule has 0 unspecified atom stereocenters. The Hall–Kier alpha value is -1.79. The van der Waals surface area contributed by atoms with Gasteiger partial charge >= 0.3 is 0 Å². The molecular weight excluding hydrogens is 335 g/mol. The van der Waals surface area contributed by atoms with E-state index >= 15 is 0 Å². The third kappa shape index (κ3) is 3.43. The summed E-state index contributed by atoms with van der Waals surface area (Å²) in [4.78, 5) is 14.5. The normalized spacial score (nSPS) is 16.4. The highest BCUT2D eigenvalue weighted by Crippen LogP contribution is 2.29. The molecule has 3 rings (SSSR count). The van der Waals surface area contributed by atoms with Crippen LogP contribution in [0.4, 0.5) is 4.39 Å². The zero-order valence-corrected chi connectivity index (χ0v) is 14.3. The second kappa shape index (κ2) is 6.76. The van der Waals surface area contributed by atoms with Crippen molar-refractivity contribution in [3.05, 3.63) is 40.8 Å². The van der Waals surface area contributed by atoms with Gasteiger partial charge in [0.2, 0.25) is 5.97 Å². The van der Waals surface area contributed by atoms with Crippen LogP contribution in [0.1, 0.15) is 24.8 Å². The van der Waals surface area contributed by atoms with Crippen molar-refractivity contribution in [2.45, 2.75) is 19.8 Å². The number of fused-ring (bicyclic) bond motifs is 1. The molecule has 2 aromatic heterocycles. The van der Waals surface area contributed by atoms with Gasteiger partial charge in [0.15, 0.2) is 5.65 Å². The predicted molar refractivity (Wildman–Crippen MR) is 94.6 cm³/mol. The Bertz CT molecular complexity index is 806. The van der Waals surface area contributed by atoms with Gasteiger partial charge in [-0.3, -0.25) is 0 Å². The second-order valence-electron chi connectivity index (χ2n) is 5.19. The number of aliphatic imine (C=N–C) groups is 1. The van der Waals surface area contributed by atoms with Crippen LogP contribution >= 0.6 is 22.9 Å². The monoisotopic (exact) mass is 350 g/mol. The van der Waals surface area contributed by atoms with Crippen molar-refractivity contribution in [3.63, 3.8) is 0 Å². The van der Waals surface area contributed by atoms with Crippen molar-refractivity contribution in [3.8, 4) is 0 Å². The summed E-state index contributed by atoms with van der Waals surface area (Å²) in [5.74, 6) is -0.115. The molecule has 0 aromatic carbocycles. The molecule has 0 bridgehead atoms. The first-order valence-corrected chi connectivity index (χ1v) is 8.56. The molecule has 3 heterocycles. The van der Waals surface area contributed by atoms with E-state index < -0.39 is 5.97 Å². The minimum atomic E-state index is -0.574. The molecule has 1 aliphatic heterocycles. The lowest BCUT2D eigenvalue weighted by atomic mass is 10.3. The molecule has 0 atom stereocenters. The minimum Gasteiger partial charge on any atom is -0.357 e. The SMILES string of the molecule is C=C(/N=C(F)\C(=C/C)c1nc2nc(Cl)ccc2s1)N1CCCC1. The molecular formula is C16H16ClFN4S. The second-order valence-corrected chi connectivity index (χ2v) is 6.61. The zero-order chi connectivity index (χ0) is 16.4. The van der Waals surface area contributed by atoms with Crippen LogP contribution in [0.25, 0.3) is 15.9 Å². The molecule has 0 saturated carbocycles. The van der Waals surface area contributed by atoms with Crippen molar-refractivity contribution in [2.24, 2.45) is 4.99 Å². The number of nitrogens with zero attached hydrogens (tertiary/aromatic N) is 4. The molecule has 0 aliphatic carbocycles. The largest absolute Gasteiger partial charge is 0.357 e. The third-order valence-electron chi connectivity index (χ3n) is 3.66. The Morgan fingerprint density at radius 1 is 1.39 bits per heavy atom. The van der Waals surface area contributed by atoms with Gasteiger partial charge < -0.3 is 4.90 Å². The smallest absolute Gasteiger partial charge is 0.224 e. The van der Waals surface area contributed by atoms with E-state index in [-0.39, 0.29) is 0 Å². The summed E-state index contributed by atoms with van der Waals surface area (Å²) in [7, 11) is 0. The van der Waals surface area contributed by atoms with Crippen LogP contribution in [0.15, 0.2) is 35.6 Å². The van der Waals surface area contributed by atoms with E-state index in [2.05, 4.69) is 21.5 Å². The van der Waals surface area contributed by atoms with Crippen LogP contribution in [0, 0.1) is 0 Å². The van der Waals surface area contributed by atoms with Gasteiger partial charge in [0, 0.05) is 13.1 Å². The third-order valence-corrected chi connectivity index (χ3v) is 4.91. The number of thiazole rings is 1. The van der Waals surface area contributed by atoms with Gasteiger partial charge in [-0.1, -0.05) is 24.3 Å². The summed E-state index contributed by atoms with van der Waals surface area (Å²) in [6.45, 7) is 7.38. The van der Waals surface area contributed by atoms with Gasteiger partial charge in [-0.15, -0.1) is 11.3 Å². The molecule has 2 aromatic rings. The van der Waals surface area contributed by atoms with Crippen LogP contribution in [0.3, 0.4) is 0 Å². The van der Waals surface area contributed by atoms with Crippen LogP contribution < -0.4 is 0 Å². The number of allylic oxidation sites excluding steroid dienone is 2. The minimum absolute atomic E-state index is 0.351. The van der Waals surface area contributed by atoms with Crippen molar-refractivity contribution in [2.75, 3.05) is 13.1 Å². The summed E-state index contributed by atoms with van der Waals surface area (Å²) in [6, 6.07) is 3.53. The number of hydrogen-bond donors (Lipinski definition) is 0. The Morgan fingerprint density at radius 3 is 2.83 bits per heavy atom. The quantitative estimate of drug-likeness (QED) is 0.593. The van der Waals surface area contributed by atoms with Crippen molar-refractivity contribution in [1.82, 2.24) is 14.9 Å². The van der Waals surface area contributed by atoms with Crippen molar-refractivity contribution in [1.29, 1.82) is 0 Å². The van der Waals surface area contributed by atoms with Gasteiger partial charge in [0.1, 0.15) is 16.0 Å². The summed E-state index contributed by atoms with van der Waals surface area (Å²) >= 11 is 7.23. The van der Waals surface area contributed by atoms with E-state index in [1.165, 1.54) is 11.3 Å². The molecule has 1 fully saturated rings. The first kappa shape index (κ1) is 16.1. The van der Waals surface area contributed by atoms with Crippen LogP contribution in [0.5, 0.6) is 0 Å². The number of aromatic nitrogens is 2. The molecule has 23 heavy (non-hydrogen) atoms. The highest BCUT2D eigenvalue weighted by Gasteiger charge is 2.18. The molecule has 0 spiro atoms. The van der Waals surface area contributed by atoms with E-state index in [9.17, 15) is 4.39 Å². The summed E-state index contributed by atoms with van der Waals surface area (Å²) in [6.07, 6.45) is 3.85. The molecule has 0 radical (unpaired) electrons. The lowest BCUT2D eigenvalue weighted by Gasteiger charge is -2.16.